The van der Waals surface area contributed by atoms with Crippen LogP contribution in [0.25, 0.3) is 0 Å². The molecule has 0 atom stereocenters. The minimum Gasteiger partial charge on any atom is -0.379 e. The van der Waals surface area contributed by atoms with Gasteiger partial charge in [0.1, 0.15) is 0 Å². The van der Waals surface area contributed by atoms with Crippen LogP contribution in [-0.4, -0.2) is 14.5 Å². The minimum absolute atomic E-state index is 0.0855. The highest BCUT2D eigenvalue weighted by Crippen LogP contribution is 2.18. The Labute approximate surface area is 111 Å². The lowest BCUT2D eigenvalue weighted by atomic mass is 10.2. The molecule has 0 aliphatic rings. The molecule has 1 N–H and O–H groups in total. The summed E-state index contributed by atoms with van der Waals surface area (Å²) in [4.78, 5) is 14.4. The zero-order chi connectivity index (χ0) is 13.8. The second-order valence-corrected chi connectivity index (χ2v) is 4.55. The van der Waals surface area contributed by atoms with Crippen LogP contribution < -0.4 is 5.32 Å². The maximum absolute atomic E-state index is 10.7. The van der Waals surface area contributed by atoms with Crippen molar-refractivity contribution >= 4 is 11.4 Å². The molecule has 100 valence electrons. The summed E-state index contributed by atoms with van der Waals surface area (Å²) in [6, 6.07) is 6.81. The molecule has 1 aromatic carbocycles. The van der Waals surface area contributed by atoms with Gasteiger partial charge in [-0.15, -0.1) is 0 Å². The molecule has 6 nitrogen and oxygen atoms in total. The van der Waals surface area contributed by atoms with Gasteiger partial charge in [0, 0.05) is 30.1 Å². The van der Waals surface area contributed by atoms with Gasteiger partial charge in [0.25, 0.3) is 5.69 Å². The van der Waals surface area contributed by atoms with E-state index in [2.05, 4.69) is 28.7 Å². The largest absolute Gasteiger partial charge is 0.379 e. The fourth-order valence-electron chi connectivity index (χ4n) is 1.86. The van der Waals surface area contributed by atoms with Crippen molar-refractivity contribution < 1.29 is 4.92 Å². The first-order valence-electron chi connectivity index (χ1n) is 6.07. The molecule has 6 heteroatoms. The SMILES string of the molecule is CC(C)n1cncc1CNc1cccc([N+](=O)[O-])c1. The van der Waals surface area contributed by atoms with Gasteiger partial charge in [-0.3, -0.25) is 10.1 Å². The second kappa shape index (κ2) is 5.51. The van der Waals surface area contributed by atoms with E-state index in [1.54, 1.807) is 18.6 Å². The van der Waals surface area contributed by atoms with Crippen LogP contribution in [0.5, 0.6) is 0 Å². The van der Waals surface area contributed by atoms with Crippen molar-refractivity contribution in [1.82, 2.24) is 9.55 Å². The molecule has 2 aromatic rings. The summed E-state index contributed by atoms with van der Waals surface area (Å²) >= 11 is 0. The van der Waals surface area contributed by atoms with Crippen LogP contribution in [0.1, 0.15) is 25.6 Å². The van der Waals surface area contributed by atoms with Gasteiger partial charge in [-0.25, -0.2) is 4.98 Å². The third-order valence-corrected chi connectivity index (χ3v) is 2.83. The van der Waals surface area contributed by atoms with E-state index >= 15 is 0 Å². The highest BCUT2D eigenvalue weighted by molar-refractivity contribution is 5.51. The van der Waals surface area contributed by atoms with Crippen molar-refractivity contribution in [3.8, 4) is 0 Å². The van der Waals surface area contributed by atoms with Gasteiger partial charge in [0.05, 0.1) is 23.5 Å². The fraction of sp³-hybridized carbons (Fsp3) is 0.308. The molecule has 0 saturated carbocycles. The highest BCUT2D eigenvalue weighted by atomic mass is 16.6. The maximum atomic E-state index is 10.7. The maximum Gasteiger partial charge on any atom is 0.271 e. The lowest BCUT2D eigenvalue weighted by Gasteiger charge is -2.12. The number of benzene rings is 1. The molecule has 0 aliphatic heterocycles. The molecule has 2 rings (SSSR count). The van der Waals surface area contributed by atoms with Crippen LogP contribution in [0.15, 0.2) is 36.8 Å². The first-order chi connectivity index (χ1) is 9.08. The molecule has 0 aliphatic carbocycles. The molecule has 0 radical (unpaired) electrons. The average molecular weight is 260 g/mol. The highest BCUT2D eigenvalue weighted by Gasteiger charge is 2.07. The number of aromatic nitrogens is 2. The third kappa shape index (κ3) is 3.09. The summed E-state index contributed by atoms with van der Waals surface area (Å²) < 4.78 is 2.06. The lowest BCUT2D eigenvalue weighted by molar-refractivity contribution is -0.384. The van der Waals surface area contributed by atoms with Crippen LogP contribution in [0.4, 0.5) is 11.4 Å². The molecule has 0 saturated heterocycles. The quantitative estimate of drug-likeness (QED) is 0.662. The summed E-state index contributed by atoms with van der Waals surface area (Å²) in [6.45, 7) is 4.75. The monoisotopic (exact) mass is 260 g/mol. The number of anilines is 1. The number of hydrogen-bond donors (Lipinski definition) is 1. The summed E-state index contributed by atoms with van der Waals surface area (Å²) in [7, 11) is 0. The number of nitro benzene ring substituents is 1. The zero-order valence-electron chi connectivity index (χ0n) is 10.9. The van der Waals surface area contributed by atoms with Crippen molar-refractivity contribution in [2.75, 3.05) is 5.32 Å². The number of hydrogen-bond acceptors (Lipinski definition) is 4. The Kier molecular flexibility index (Phi) is 3.79. The van der Waals surface area contributed by atoms with Crippen LogP contribution in [-0.2, 0) is 6.54 Å². The van der Waals surface area contributed by atoms with Crippen LogP contribution >= 0.6 is 0 Å². The summed E-state index contributed by atoms with van der Waals surface area (Å²) in [6.07, 6.45) is 3.58. The Hall–Kier alpha value is -2.37. The number of non-ortho nitro benzene ring substituents is 1. The Morgan fingerprint density at radius 1 is 1.47 bits per heavy atom. The van der Waals surface area contributed by atoms with Crippen molar-refractivity contribution in [2.45, 2.75) is 26.4 Å². The Morgan fingerprint density at radius 2 is 2.26 bits per heavy atom. The van der Waals surface area contributed by atoms with Crippen molar-refractivity contribution in [1.29, 1.82) is 0 Å². The Balaban J connectivity index is 2.08. The van der Waals surface area contributed by atoms with Gasteiger partial charge in [0.15, 0.2) is 0 Å². The number of rotatable bonds is 5. The normalized spacial score (nSPS) is 10.7. The molecule has 1 heterocycles. The molecule has 1 aromatic heterocycles. The standard InChI is InChI=1S/C13H16N4O2/c1-10(2)16-9-14-7-13(16)8-15-11-4-3-5-12(6-11)17(18)19/h3-7,9-10,15H,8H2,1-2H3. The molecule has 19 heavy (non-hydrogen) atoms. The minimum atomic E-state index is -0.399. The second-order valence-electron chi connectivity index (χ2n) is 4.55. The van der Waals surface area contributed by atoms with Gasteiger partial charge >= 0.3 is 0 Å². The van der Waals surface area contributed by atoms with E-state index in [0.29, 0.717) is 12.6 Å². The number of nitrogens with zero attached hydrogens (tertiary/aromatic N) is 3. The van der Waals surface area contributed by atoms with E-state index in [9.17, 15) is 10.1 Å². The van der Waals surface area contributed by atoms with Gasteiger partial charge in [-0.2, -0.15) is 0 Å². The summed E-state index contributed by atoms with van der Waals surface area (Å²) in [5.41, 5.74) is 1.86. The lowest BCUT2D eigenvalue weighted by Crippen LogP contribution is -2.08. The molecule has 0 spiro atoms. The molecule has 0 fully saturated rings. The first kappa shape index (κ1) is 13.1. The van der Waals surface area contributed by atoms with E-state index in [0.717, 1.165) is 11.4 Å². The topological polar surface area (TPSA) is 73.0 Å². The van der Waals surface area contributed by atoms with E-state index in [1.165, 1.54) is 12.1 Å². The first-order valence-corrected chi connectivity index (χ1v) is 6.07. The number of imidazole rings is 1. The van der Waals surface area contributed by atoms with Crippen LogP contribution in [0.3, 0.4) is 0 Å². The van der Waals surface area contributed by atoms with Crippen LogP contribution in [0.2, 0.25) is 0 Å². The van der Waals surface area contributed by atoms with Crippen LogP contribution in [0, 0.1) is 10.1 Å². The summed E-state index contributed by atoms with van der Waals surface area (Å²) in [5.74, 6) is 0. The van der Waals surface area contributed by atoms with Crippen molar-refractivity contribution in [3.63, 3.8) is 0 Å². The van der Waals surface area contributed by atoms with Crippen molar-refractivity contribution in [2.24, 2.45) is 0 Å². The van der Waals surface area contributed by atoms with E-state index in [1.807, 2.05) is 6.07 Å². The van der Waals surface area contributed by atoms with Gasteiger partial charge in [-0.1, -0.05) is 6.07 Å². The van der Waals surface area contributed by atoms with Crippen molar-refractivity contribution in [3.05, 3.63) is 52.6 Å². The van der Waals surface area contributed by atoms with Gasteiger partial charge in [0.2, 0.25) is 0 Å². The predicted octanol–water partition coefficient (Wildman–Crippen LogP) is 2.98. The predicted molar refractivity (Wildman–Crippen MR) is 73.0 cm³/mol. The molecular weight excluding hydrogens is 244 g/mol. The Bertz CT molecular complexity index is 578. The average Bonchev–Trinajstić information content (AvgIpc) is 2.85. The fourth-order valence-corrected chi connectivity index (χ4v) is 1.86. The van der Waals surface area contributed by atoms with E-state index in [4.69, 9.17) is 0 Å². The molecular formula is C13H16N4O2. The molecule has 0 unspecified atom stereocenters. The number of nitro groups is 1. The van der Waals surface area contributed by atoms with E-state index in [-0.39, 0.29) is 5.69 Å². The molecule has 0 bridgehead atoms. The molecule has 0 amide bonds. The number of nitrogens with one attached hydrogen (secondary N) is 1. The van der Waals surface area contributed by atoms with Gasteiger partial charge in [-0.05, 0) is 19.9 Å². The van der Waals surface area contributed by atoms with E-state index < -0.39 is 4.92 Å². The third-order valence-electron chi connectivity index (χ3n) is 2.83. The smallest absolute Gasteiger partial charge is 0.271 e. The Morgan fingerprint density at radius 3 is 2.95 bits per heavy atom. The summed E-state index contributed by atoms with van der Waals surface area (Å²) in [5, 5.41) is 13.9. The zero-order valence-corrected chi connectivity index (χ0v) is 10.9. The van der Waals surface area contributed by atoms with Gasteiger partial charge < -0.3 is 9.88 Å².